The third-order valence-electron chi connectivity index (χ3n) is 1.95. The lowest BCUT2D eigenvalue weighted by molar-refractivity contribution is -0.404. The second-order valence-electron chi connectivity index (χ2n) is 2.80. The van der Waals surface area contributed by atoms with Crippen molar-refractivity contribution >= 4 is 0 Å². The van der Waals surface area contributed by atoms with Crippen molar-refractivity contribution in [1.29, 1.82) is 0 Å². The van der Waals surface area contributed by atoms with E-state index in [0.717, 1.165) is 0 Å². The second kappa shape index (κ2) is 4.29. The van der Waals surface area contributed by atoms with Gasteiger partial charge in [0.1, 0.15) is 24.4 Å². The fourth-order valence-electron chi connectivity index (χ4n) is 1.15. The van der Waals surface area contributed by atoms with Crippen molar-refractivity contribution in [2.24, 2.45) is 0 Å². The van der Waals surface area contributed by atoms with Crippen LogP contribution in [0, 0.1) is 0 Å². The molecule has 0 aromatic heterocycles. The monoisotopic (exact) mass is 196 g/mol. The van der Waals surface area contributed by atoms with Gasteiger partial charge in [-0.05, 0) is 0 Å². The van der Waals surface area contributed by atoms with Crippen LogP contribution in [0.3, 0.4) is 0 Å². The summed E-state index contributed by atoms with van der Waals surface area (Å²) in [4.78, 5) is 3.70. The Morgan fingerprint density at radius 1 is 1.08 bits per heavy atom. The average Bonchev–Trinajstić information content (AvgIpc) is 2.15. The molecule has 7 nitrogen and oxygen atoms in total. The SMILES string of the molecule is OC[C@H]1O[C@H](OO)[C@H](O)[C@@H](O)[C@H]1O. The Labute approximate surface area is 73.7 Å². The van der Waals surface area contributed by atoms with E-state index in [1.54, 1.807) is 0 Å². The molecule has 5 atom stereocenters. The maximum absolute atomic E-state index is 9.19. The zero-order chi connectivity index (χ0) is 10.0. The predicted octanol–water partition coefficient (Wildman–Crippen LogP) is -2.72. The first-order valence-electron chi connectivity index (χ1n) is 3.72. The van der Waals surface area contributed by atoms with Crippen molar-refractivity contribution in [2.75, 3.05) is 6.61 Å². The molecule has 7 heteroatoms. The minimum atomic E-state index is -1.55. The minimum Gasteiger partial charge on any atom is -0.394 e. The molecule has 0 radical (unpaired) electrons. The maximum atomic E-state index is 9.19. The molecule has 0 aromatic carbocycles. The summed E-state index contributed by atoms with van der Waals surface area (Å²) < 4.78 is 4.70. The topological polar surface area (TPSA) is 120 Å². The van der Waals surface area contributed by atoms with Crippen LogP contribution in [-0.2, 0) is 9.62 Å². The molecule has 0 amide bonds. The standard InChI is InChI=1S/C6H12O7/c7-1-2-3(8)4(9)5(10)6(12-2)13-11/h2-11H,1H2/t2-,3+,4+,5-,6-/m1/s1. The van der Waals surface area contributed by atoms with Gasteiger partial charge >= 0.3 is 0 Å². The predicted molar refractivity (Wildman–Crippen MR) is 37.5 cm³/mol. The van der Waals surface area contributed by atoms with Gasteiger partial charge in [-0.2, -0.15) is 0 Å². The average molecular weight is 196 g/mol. The molecule has 1 aliphatic rings. The van der Waals surface area contributed by atoms with Gasteiger partial charge in [0.15, 0.2) is 0 Å². The first-order chi connectivity index (χ1) is 6.11. The van der Waals surface area contributed by atoms with E-state index < -0.39 is 37.3 Å². The van der Waals surface area contributed by atoms with Crippen molar-refractivity contribution in [2.45, 2.75) is 30.7 Å². The molecule has 5 N–H and O–H groups in total. The van der Waals surface area contributed by atoms with E-state index in [1.165, 1.54) is 0 Å². The third-order valence-corrected chi connectivity index (χ3v) is 1.95. The molecule has 13 heavy (non-hydrogen) atoms. The highest BCUT2D eigenvalue weighted by Gasteiger charge is 2.44. The van der Waals surface area contributed by atoms with Gasteiger partial charge in [-0.3, -0.25) is 0 Å². The van der Waals surface area contributed by atoms with Gasteiger partial charge in [-0.25, -0.2) is 10.1 Å². The molecular weight excluding hydrogens is 184 g/mol. The molecule has 0 spiro atoms. The molecule has 0 aliphatic carbocycles. The lowest BCUT2D eigenvalue weighted by Crippen LogP contribution is -2.58. The van der Waals surface area contributed by atoms with Crippen LogP contribution in [-0.4, -0.2) is 63.0 Å². The Morgan fingerprint density at radius 2 is 1.69 bits per heavy atom. The van der Waals surface area contributed by atoms with E-state index in [-0.39, 0.29) is 0 Å². The van der Waals surface area contributed by atoms with E-state index in [0.29, 0.717) is 0 Å². The Morgan fingerprint density at radius 3 is 2.15 bits per heavy atom. The van der Waals surface area contributed by atoms with Crippen LogP contribution in [0.1, 0.15) is 0 Å². The largest absolute Gasteiger partial charge is 0.394 e. The molecular formula is C6H12O7. The zero-order valence-corrected chi connectivity index (χ0v) is 6.65. The van der Waals surface area contributed by atoms with Gasteiger partial charge in [0.2, 0.25) is 6.29 Å². The maximum Gasteiger partial charge on any atom is 0.220 e. The van der Waals surface area contributed by atoms with E-state index in [9.17, 15) is 5.11 Å². The summed E-state index contributed by atoms with van der Waals surface area (Å²) in [5, 5.41) is 44.4. The molecule has 1 fully saturated rings. The van der Waals surface area contributed by atoms with Crippen molar-refractivity contribution in [3.8, 4) is 0 Å². The Balaban J connectivity index is 2.66. The number of ether oxygens (including phenoxy) is 1. The summed E-state index contributed by atoms with van der Waals surface area (Å²) in [6.45, 7) is -0.551. The molecule has 1 aliphatic heterocycles. The van der Waals surface area contributed by atoms with Crippen LogP contribution < -0.4 is 0 Å². The summed E-state index contributed by atoms with van der Waals surface area (Å²) in [6, 6.07) is 0. The molecule has 0 aromatic rings. The third kappa shape index (κ3) is 1.97. The zero-order valence-electron chi connectivity index (χ0n) is 6.65. The van der Waals surface area contributed by atoms with E-state index in [4.69, 9.17) is 25.3 Å². The number of aliphatic hydroxyl groups excluding tert-OH is 4. The quantitative estimate of drug-likeness (QED) is 0.240. The fraction of sp³-hybridized carbons (Fsp3) is 1.00. The van der Waals surface area contributed by atoms with Crippen LogP contribution >= 0.6 is 0 Å². The molecule has 0 unspecified atom stereocenters. The van der Waals surface area contributed by atoms with Gasteiger partial charge < -0.3 is 25.2 Å². The van der Waals surface area contributed by atoms with E-state index in [1.807, 2.05) is 0 Å². The van der Waals surface area contributed by atoms with Crippen molar-refractivity contribution in [3.05, 3.63) is 0 Å². The fourth-order valence-corrected chi connectivity index (χ4v) is 1.15. The summed E-state index contributed by atoms with van der Waals surface area (Å²) in [5.74, 6) is 0. The van der Waals surface area contributed by atoms with Gasteiger partial charge in [-0.1, -0.05) is 0 Å². The van der Waals surface area contributed by atoms with Crippen LogP contribution in [0.15, 0.2) is 0 Å². The number of rotatable bonds is 2. The Hall–Kier alpha value is -0.280. The number of hydrogen-bond donors (Lipinski definition) is 5. The normalized spacial score (nSPS) is 46.4. The van der Waals surface area contributed by atoms with E-state index in [2.05, 4.69) is 4.89 Å². The molecule has 1 saturated heterocycles. The van der Waals surface area contributed by atoms with Crippen molar-refractivity contribution < 1.29 is 35.3 Å². The first-order valence-corrected chi connectivity index (χ1v) is 3.72. The summed E-state index contributed by atoms with van der Waals surface area (Å²) in [5.41, 5.74) is 0. The highest BCUT2D eigenvalue weighted by atomic mass is 17.1. The van der Waals surface area contributed by atoms with Crippen LogP contribution in [0.25, 0.3) is 0 Å². The summed E-state index contributed by atoms with van der Waals surface area (Å²) in [6.07, 6.45) is -7.04. The van der Waals surface area contributed by atoms with Crippen LogP contribution in [0.2, 0.25) is 0 Å². The molecule has 1 heterocycles. The molecule has 0 bridgehead atoms. The highest BCUT2D eigenvalue weighted by Crippen LogP contribution is 2.20. The Bertz CT molecular complexity index is 143. The molecule has 0 saturated carbocycles. The number of hydrogen-bond acceptors (Lipinski definition) is 7. The van der Waals surface area contributed by atoms with Crippen LogP contribution in [0.4, 0.5) is 0 Å². The van der Waals surface area contributed by atoms with Gasteiger partial charge in [0.25, 0.3) is 0 Å². The lowest BCUT2D eigenvalue weighted by atomic mass is 9.99. The lowest BCUT2D eigenvalue weighted by Gasteiger charge is -2.37. The summed E-state index contributed by atoms with van der Waals surface area (Å²) in [7, 11) is 0. The van der Waals surface area contributed by atoms with Crippen molar-refractivity contribution in [1.82, 2.24) is 0 Å². The van der Waals surface area contributed by atoms with Gasteiger partial charge in [-0.15, -0.1) is 0 Å². The van der Waals surface area contributed by atoms with Gasteiger partial charge in [0, 0.05) is 0 Å². The number of aliphatic hydroxyl groups is 4. The molecule has 78 valence electrons. The Kier molecular flexibility index (Phi) is 3.56. The first kappa shape index (κ1) is 10.8. The van der Waals surface area contributed by atoms with Crippen LogP contribution in [0.5, 0.6) is 0 Å². The summed E-state index contributed by atoms with van der Waals surface area (Å²) >= 11 is 0. The van der Waals surface area contributed by atoms with Crippen molar-refractivity contribution in [3.63, 3.8) is 0 Å². The molecule has 1 rings (SSSR count). The minimum absolute atomic E-state index is 0.551. The second-order valence-corrected chi connectivity index (χ2v) is 2.80. The highest BCUT2D eigenvalue weighted by molar-refractivity contribution is 4.88. The van der Waals surface area contributed by atoms with Gasteiger partial charge in [0.05, 0.1) is 6.61 Å². The smallest absolute Gasteiger partial charge is 0.220 e. The van der Waals surface area contributed by atoms with E-state index >= 15 is 0 Å².